The zero-order chi connectivity index (χ0) is 25.2. The van der Waals surface area contributed by atoms with Crippen LogP contribution in [0.4, 0.5) is 11.4 Å². The van der Waals surface area contributed by atoms with E-state index in [-0.39, 0.29) is 17.6 Å². The molecular formula is C30H30N2O4. The summed E-state index contributed by atoms with van der Waals surface area (Å²) in [5.41, 5.74) is 4.91. The highest BCUT2D eigenvalue weighted by molar-refractivity contribution is 6.06. The van der Waals surface area contributed by atoms with Gasteiger partial charge in [-0.05, 0) is 55.2 Å². The van der Waals surface area contributed by atoms with E-state index in [1.165, 1.54) is 0 Å². The van der Waals surface area contributed by atoms with Crippen molar-refractivity contribution < 1.29 is 19.1 Å². The van der Waals surface area contributed by atoms with Crippen molar-refractivity contribution >= 4 is 23.1 Å². The Labute approximate surface area is 211 Å². The molecule has 3 aromatic rings. The fourth-order valence-corrected chi connectivity index (χ4v) is 5.34. The van der Waals surface area contributed by atoms with Crippen LogP contribution in [-0.4, -0.2) is 25.4 Å². The number of hydrogen-bond acceptors (Lipinski definition) is 5. The van der Waals surface area contributed by atoms with E-state index in [1.807, 2.05) is 79.7 Å². The molecule has 0 unspecified atom stereocenters. The lowest BCUT2D eigenvalue weighted by molar-refractivity contribution is -0.117. The fourth-order valence-electron chi connectivity index (χ4n) is 5.34. The monoisotopic (exact) mass is 482 g/mol. The number of nitrogens with zero attached hydrogens (tertiary/aromatic N) is 1. The first-order chi connectivity index (χ1) is 17.5. The predicted molar refractivity (Wildman–Crippen MR) is 141 cm³/mol. The summed E-state index contributed by atoms with van der Waals surface area (Å²) in [5, 5.41) is 3.55. The maximum Gasteiger partial charge on any atom is 0.224 e. The quantitative estimate of drug-likeness (QED) is 0.482. The minimum atomic E-state index is -0.597. The molecule has 2 aliphatic rings. The smallest absolute Gasteiger partial charge is 0.224 e. The Morgan fingerprint density at radius 3 is 2.44 bits per heavy atom. The lowest BCUT2D eigenvalue weighted by Crippen LogP contribution is -2.37. The Kier molecular flexibility index (Phi) is 6.51. The van der Waals surface area contributed by atoms with Gasteiger partial charge >= 0.3 is 0 Å². The van der Waals surface area contributed by atoms with Gasteiger partial charge in [0.1, 0.15) is 11.5 Å². The Balaban J connectivity index is 1.69. The summed E-state index contributed by atoms with van der Waals surface area (Å²) in [4.78, 5) is 28.9. The zero-order valence-electron chi connectivity index (χ0n) is 20.8. The minimum absolute atomic E-state index is 0.0217. The Hall–Kier alpha value is -4.06. The molecule has 2 atom stereocenters. The molecule has 5 rings (SSSR count). The summed E-state index contributed by atoms with van der Waals surface area (Å²) in [5.74, 6) is 1.37. The third-order valence-corrected chi connectivity index (χ3v) is 6.93. The molecule has 184 valence electrons. The van der Waals surface area contributed by atoms with Crippen LogP contribution in [0, 0.1) is 0 Å². The molecule has 0 fully saturated rings. The fraction of sp³-hybridized carbons (Fsp3) is 0.267. The highest BCUT2D eigenvalue weighted by Gasteiger charge is 2.41. The maximum atomic E-state index is 14.0. The molecule has 0 bridgehead atoms. The van der Waals surface area contributed by atoms with Crippen molar-refractivity contribution in [2.75, 3.05) is 23.9 Å². The number of rotatable bonds is 5. The van der Waals surface area contributed by atoms with Gasteiger partial charge in [0, 0.05) is 30.2 Å². The van der Waals surface area contributed by atoms with Gasteiger partial charge in [-0.25, -0.2) is 0 Å². The molecule has 0 radical (unpaired) electrons. The lowest BCUT2D eigenvalue weighted by atomic mass is 9.78. The summed E-state index contributed by atoms with van der Waals surface area (Å²) in [6, 6.07) is 22.7. The molecule has 6 nitrogen and oxygen atoms in total. The lowest BCUT2D eigenvalue weighted by Gasteiger charge is -2.35. The molecule has 0 aromatic heterocycles. The number of ether oxygens (including phenoxy) is 2. The van der Waals surface area contributed by atoms with E-state index >= 15 is 0 Å². The van der Waals surface area contributed by atoms with Gasteiger partial charge in [0.15, 0.2) is 5.78 Å². The minimum Gasteiger partial charge on any atom is -0.497 e. The summed E-state index contributed by atoms with van der Waals surface area (Å²) >= 11 is 0. The summed E-state index contributed by atoms with van der Waals surface area (Å²) in [7, 11) is 1.64. The molecule has 0 spiro atoms. The average Bonchev–Trinajstić information content (AvgIpc) is 3.04. The number of methoxy groups -OCH3 is 1. The van der Waals surface area contributed by atoms with Gasteiger partial charge < -0.3 is 14.8 Å². The number of benzene rings is 3. The van der Waals surface area contributed by atoms with Crippen molar-refractivity contribution in [1.82, 2.24) is 0 Å². The van der Waals surface area contributed by atoms with Crippen LogP contribution in [0.25, 0.3) is 0 Å². The van der Waals surface area contributed by atoms with Gasteiger partial charge in [0.2, 0.25) is 5.91 Å². The zero-order valence-corrected chi connectivity index (χ0v) is 20.8. The first-order valence-corrected chi connectivity index (χ1v) is 12.3. The third kappa shape index (κ3) is 4.24. The molecule has 1 aliphatic heterocycles. The number of anilines is 2. The number of ketones is 1. The molecule has 1 heterocycles. The molecule has 0 saturated carbocycles. The first-order valence-electron chi connectivity index (χ1n) is 12.3. The van der Waals surface area contributed by atoms with Crippen LogP contribution in [0.15, 0.2) is 84.1 Å². The number of allylic oxidation sites excluding steroid dienone is 1. The van der Waals surface area contributed by atoms with E-state index in [1.54, 1.807) is 18.9 Å². The number of fused-ring (bicyclic) bond motifs is 1. The normalized spacial score (nSPS) is 19.1. The van der Waals surface area contributed by atoms with Crippen LogP contribution >= 0.6 is 0 Å². The first kappa shape index (κ1) is 23.7. The number of Topliss-reactive ketones (excluding diaryl/α,β-unsaturated/α-hetero) is 1. The molecule has 1 N–H and O–H groups in total. The summed E-state index contributed by atoms with van der Waals surface area (Å²) in [6.07, 6.45) is 1.02. The molecular weight excluding hydrogens is 452 g/mol. The van der Waals surface area contributed by atoms with E-state index in [2.05, 4.69) is 5.32 Å². The Morgan fingerprint density at radius 1 is 1.00 bits per heavy atom. The van der Waals surface area contributed by atoms with Crippen LogP contribution in [0.1, 0.15) is 49.8 Å². The topological polar surface area (TPSA) is 67.9 Å². The Morgan fingerprint density at radius 2 is 1.72 bits per heavy atom. The molecule has 0 saturated heterocycles. The average molecular weight is 483 g/mol. The van der Waals surface area contributed by atoms with Crippen molar-refractivity contribution in [1.29, 1.82) is 0 Å². The van der Waals surface area contributed by atoms with E-state index in [0.29, 0.717) is 30.8 Å². The van der Waals surface area contributed by atoms with E-state index in [4.69, 9.17) is 9.47 Å². The SMILES string of the molecule is CCOc1ccccc1[C@@H]1C2=C(C[C@H](c3ccc(OC)cc3)CC2=O)Nc2ccccc2N1C(C)=O. The second kappa shape index (κ2) is 9.90. The van der Waals surface area contributed by atoms with Crippen LogP contribution in [0.2, 0.25) is 0 Å². The second-order valence-electron chi connectivity index (χ2n) is 9.10. The van der Waals surface area contributed by atoms with Crippen molar-refractivity contribution in [3.63, 3.8) is 0 Å². The standard InChI is InChI=1S/C30H30N2O4/c1-4-36-28-12-8-5-9-23(28)30-29-25(31-24-10-6-7-11-26(24)32(30)19(2)33)17-21(18-27(29)34)20-13-15-22(35-3)16-14-20/h5-16,21,30-31H,4,17-18H2,1-3H3/t21-,30+/m0/s1. The van der Waals surface area contributed by atoms with Crippen LogP contribution in [0.5, 0.6) is 11.5 Å². The Bertz CT molecular complexity index is 1330. The van der Waals surface area contributed by atoms with Gasteiger partial charge in [-0.15, -0.1) is 0 Å². The van der Waals surface area contributed by atoms with Crippen LogP contribution < -0.4 is 19.7 Å². The van der Waals surface area contributed by atoms with Gasteiger partial charge in [-0.2, -0.15) is 0 Å². The van der Waals surface area contributed by atoms with Gasteiger partial charge in [0.05, 0.1) is 31.1 Å². The van der Waals surface area contributed by atoms with E-state index in [9.17, 15) is 9.59 Å². The summed E-state index contributed by atoms with van der Waals surface area (Å²) in [6.45, 7) is 3.96. The number of para-hydroxylation sites is 3. The molecule has 3 aromatic carbocycles. The van der Waals surface area contributed by atoms with E-state index in [0.717, 1.165) is 33.9 Å². The van der Waals surface area contributed by atoms with Crippen molar-refractivity contribution in [2.24, 2.45) is 0 Å². The number of carbonyl (C=O) groups excluding carboxylic acids is 2. The molecule has 1 aliphatic carbocycles. The highest BCUT2D eigenvalue weighted by Crippen LogP contribution is 2.48. The van der Waals surface area contributed by atoms with Gasteiger partial charge in [-0.1, -0.05) is 42.5 Å². The van der Waals surface area contributed by atoms with Crippen LogP contribution in [0.3, 0.4) is 0 Å². The summed E-state index contributed by atoms with van der Waals surface area (Å²) < 4.78 is 11.3. The van der Waals surface area contributed by atoms with Gasteiger partial charge in [-0.3, -0.25) is 14.5 Å². The largest absolute Gasteiger partial charge is 0.497 e. The number of carbonyl (C=O) groups is 2. The molecule has 1 amide bonds. The van der Waals surface area contributed by atoms with Crippen molar-refractivity contribution in [2.45, 2.75) is 38.6 Å². The van der Waals surface area contributed by atoms with Crippen molar-refractivity contribution in [3.05, 3.63) is 95.2 Å². The van der Waals surface area contributed by atoms with Gasteiger partial charge in [0.25, 0.3) is 0 Å². The maximum absolute atomic E-state index is 14.0. The predicted octanol–water partition coefficient (Wildman–Crippen LogP) is 6.01. The van der Waals surface area contributed by atoms with Crippen molar-refractivity contribution in [3.8, 4) is 11.5 Å². The third-order valence-electron chi connectivity index (χ3n) is 6.93. The van der Waals surface area contributed by atoms with Crippen LogP contribution in [-0.2, 0) is 9.59 Å². The van der Waals surface area contributed by atoms with E-state index < -0.39 is 6.04 Å². The number of hydrogen-bond donors (Lipinski definition) is 1. The highest BCUT2D eigenvalue weighted by atomic mass is 16.5. The molecule has 36 heavy (non-hydrogen) atoms. The second-order valence-corrected chi connectivity index (χ2v) is 9.10. The number of nitrogens with one attached hydrogen (secondary N) is 1. The molecule has 6 heteroatoms. The number of amides is 1.